The molecule has 0 aromatic heterocycles. The Balaban J connectivity index is 2.35. The summed E-state index contributed by atoms with van der Waals surface area (Å²) in [6.45, 7) is 5.04. The highest BCUT2D eigenvalue weighted by Crippen LogP contribution is 2.30. The van der Waals surface area contributed by atoms with E-state index in [0.29, 0.717) is 12.6 Å². The lowest BCUT2D eigenvalue weighted by atomic mass is 9.77. The highest BCUT2D eigenvalue weighted by Gasteiger charge is 2.27. The number of likely N-dealkylation sites (N-methyl/N-ethyl adjacent to an activating group) is 1. The Hall–Kier alpha value is -0.570. The molecule has 3 heteroatoms. The van der Waals surface area contributed by atoms with E-state index in [-0.39, 0.29) is 5.91 Å². The van der Waals surface area contributed by atoms with Crippen LogP contribution in [-0.4, -0.2) is 25.5 Å². The molecule has 0 aliphatic heterocycles. The molecule has 0 bridgehead atoms. The van der Waals surface area contributed by atoms with E-state index in [1.807, 2.05) is 0 Å². The molecule has 0 aromatic rings. The van der Waals surface area contributed by atoms with Crippen LogP contribution in [0.1, 0.15) is 39.5 Å². The minimum Gasteiger partial charge on any atom is -0.358 e. The minimum atomic E-state index is 0.0866. The SMILES string of the molecule is CCC1CC(C)CCC1NCC(=O)NC. The van der Waals surface area contributed by atoms with Crippen molar-refractivity contribution in [3.8, 4) is 0 Å². The third kappa shape index (κ3) is 3.82. The summed E-state index contributed by atoms with van der Waals surface area (Å²) >= 11 is 0. The molecule has 1 aliphatic carbocycles. The number of amides is 1. The molecule has 15 heavy (non-hydrogen) atoms. The van der Waals surface area contributed by atoms with Gasteiger partial charge < -0.3 is 10.6 Å². The highest BCUT2D eigenvalue weighted by molar-refractivity contribution is 5.77. The summed E-state index contributed by atoms with van der Waals surface area (Å²) in [5.41, 5.74) is 0. The number of carbonyl (C=O) groups excluding carboxylic acids is 1. The maximum absolute atomic E-state index is 11.1. The lowest BCUT2D eigenvalue weighted by Crippen LogP contribution is -2.44. The Kier molecular flexibility index (Phi) is 5.09. The van der Waals surface area contributed by atoms with Gasteiger partial charge in [-0.25, -0.2) is 0 Å². The van der Waals surface area contributed by atoms with Gasteiger partial charge in [-0.05, 0) is 31.1 Å². The maximum atomic E-state index is 11.1. The summed E-state index contributed by atoms with van der Waals surface area (Å²) in [7, 11) is 1.68. The molecule has 0 radical (unpaired) electrons. The van der Waals surface area contributed by atoms with Crippen LogP contribution in [0.5, 0.6) is 0 Å². The molecule has 3 nitrogen and oxygen atoms in total. The second-order valence-corrected chi connectivity index (χ2v) is 4.75. The summed E-state index contributed by atoms with van der Waals surface area (Å²) in [6.07, 6.45) is 5.04. The maximum Gasteiger partial charge on any atom is 0.233 e. The predicted octanol–water partition coefficient (Wildman–Crippen LogP) is 1.54. The second-order valence-electron chi connectivity index (χ2n) is 4.75. The van der Waals surface area contributed by atoms with Gasteiger partial charge in [-0.1, -0.05) is 20.3 Å². The van der Waals surface area contributed by atoms with E-state index in [4.69, 9.17) is 0 Å². The fourth-order valence-corrected chi connectivity index (χ4v) is 2.53. The van der Waals surface area contributed by atoms with E-state index < -0.39 is 0 Å². The Labute approximate surface area is 93.0 Å². The fraction of sp³-hybridized carbons (Fsp3) is 0.917. The quantitative estimate of drug-likeness (QED) is 0.742. The lowest BCUT2D eigenvalue weighted by molar-refractivity contribution is -0.120. The van der Waals surface area contributed by atoms with Crippen LogP contribution in [0.15, 0.2) is 0 Å². The van der Waals surface area contributed by atoms with E-state index in [0.717, 1.165) is 11.8 Å². The van der Waals surface area contributed by atoms with Gasteiger partial charge in [-0.3, -0.25) is 4.79 Å². The first-order chi connectivity index (χ1) is 7.17. The van der Waals surface area contributed by atoms with E-state index in [9.17, 15) is 4.79 Å². The largest absolute Gasteiger partial charge is 0.358 e. The van der Waals surface area contributed by atoms with Crippen molar-refractivity contribution in [1.82, 2.24) is 10.6 Å². The zero-order valence-electron chi connectivity index (χ0n) is 10.2. The summed E-state index contributed by atoms with van der Waals surface area (Å²) in [5.74, 6) is 1.69. The first-order valence-electron chi connectivity index (χ1n) is 6.11. The van der Waals surface area contributed by atoms with E-state index in [1.165, 1.54) is 25.7 Å². The summed E-state index contributed by atoms with van der Waals surface area (Å²) < 4.78 is 0. The molecule has 3 unspecified atom stereocenters. The summed E-state index contributed by atoms with van der Waals surface area (Å²) in [6, 6.07) is 0.545. The van der Waals surface area contributed by atoms with Gasteiger partial charge in [-0.2, -0.15) is 0 Å². The monoisotopic (exact) mass is 212 g/mol. The molecule has 0 spiro atoms. The zero-order valence-corrected chi connectivity index (χ0v) is 10.2. The molecule has 1 fully saturated rings. The highest BCUT2D eigenvalue weighted by atomic mass is 16.1. The third-order valence-corrected chi connectivity index (χ3v) is 3.57. The molecule has 1 rings (SSSR count). The predicted molar refractivity (Wildman–Crippen MR) is 62.7 cm³/mol. The number of hydrogen-bond acceptors (Lipinski definition) is 2. The molecule has 0 aromatic carbocycles. The molecule has 1 saturated carbocycles. The number of carbonyl (C=O) groups is 1. The van der Waals surface area contributed by atoms with Crippen LogP contribution in [0.4, 0.5) is 0 Å². The number of rotatable bonds is 4. The molecular weight excluding hydrogens is 188 g/mol. The van der Waals surface area contributed by atoms with Crippen molar-refractivity contribution in [1.29, 1.82) is 0 Å². The van der Waals surface area contributed by atoms with Crippen molar-refractivity contribution < 1.29 is 4.79 Å². The molecule has 3 atom stereocenters. The van der Waals surface area contributed by atoms with Crippen LogP contribution in [-0.2, 0) is 4.79 Å². The van der Waals surface area contributed by atoms with Crippen LogP contribution < -0.4 is 10.6 Å². The molecule has 2 N–H and O–H groups in total. The standard InChI is InChI=1S/C12H24N2O/c1-4-10-7-9(2)5-6-11(10)14-8-12(15)13-3/h9-11,14H,4-8H2,1-3H3,(H,13,15). The first-order valence-corrected chi connectivity index (χ1v) is 6.11. The van der Waals surface area contributed by atoms with Gasteiger partial charge in [0.1, 0.15) is 0 Å². The van der Waals surface area contributed by atoms with Gasteiger partial charge in [0.15, 0.2) is 0 Å². The summed E-state index contributed by atoms with van der Waals surface area (Å²) in [5, 5.41) is 6.03. The normalized spacial score (nSPS) is 31.3. The van der Waals surface area contributed by atoms with Crippen molar-refractivity contribution >= 4 is 5.91 Å². The molecule has 88 valence electrons. The smallest absolute Gasteiger partial charge is 0.233 e. The number of nitrogens with one attached hydrogen (secondary N) is 2. The molecule has 0 saturated heterocycles. The van der Waals surface area contributed by atoms with Crippen LogP contribution in [0, 0.1) is 11.8 Å². The van der Waals surface area contributed by atoms with Crippen molar-refractivity contribution in [2.24, 2.45) is 11.8 Å². The molecular formula is C12H24N2O. The van der Waals surface area contributed by atoms with Crippen LogP contribution in [0.3, 0.4) is 0 Å². The van der Waals surface area contributed by atoms with Gasteiger partial charge in [0.2, 0.25) is 5.91 Å². The van der Waals surface area contributed by atoms with Gasteiger partial charge >= 0.3 is 0 Å². The first kappa shape index (κ1) is 12.5. The van der Waals surface area contributed by atoms with Crippen LogP contribution >= 0.6 is 0 Å². The van der Waals surface area contributed by atoms with Crippen LogP contribution in [0.2, 0.25) is 0 Å². The van der Waals surface area contributed by atoms with Crippen molar-refractivity contribution in [3.05, 3.63) is 0 Å². The topological polar surface area (TPSA) is 41.1 Å². The minimum absolute atomic E-state index is 0.0866. The third-order valence-electron chi connectivity index (χ3n) is 3.57. The Morgan fingerprint density at radius 1 is 1.40 bits per heavy atom. The Bertz CT molecular complexity index is 206. The average molecular weight is 212 g/mol. The van der Waals surface area contributed by atoms with Crippen molar-refractivity contribution in [2.45, 2.75) is 45.6 Å². The van der Waals surface area contributed by atoms with Crippen LogP contribution in [0.25, 0.3) is 0 Å². The molecule has 1 amide bonds. The Morgan fingerprint density at radius 3 is 2.73 bits per heavy atom. The fourth-order valence-electron chi connectivity index (χ4n) is 2.53. The molecule has 1 aliphatic rings. The average Bonchev–Trinajstić information content (AvgIpc) is 2.26. The second kappa shape index (κ2) is 6.11. The van der Waals surface area contributed by atoms with Gasteiger partial charge in [0, 0.05) is 13.1 Å². The van der Waals surface area contributed by atoms with E-state index in [1.54, 1.807) is 7.05 Å². The van der Waals surface area contributed by atoms with E-state index in [2.05, 4.69) is 24.5 Å². The van der Waals surface area contributed by atoms with Gasteiger partial charge in [0.25, 0.3) is 0 Å². The van der Waals surface area contributed by atoms with Gasteiger partial charge in [-0.15, -0.1) is 0 Å². The number of hydrogen-bond donors (Lipinski definition) is 2. The Morgan fingerprint density at radius 2 is 2.13 bits per heavy atom. The molecule has 0 heterocycles. The van der Waals surface area contributed by atoms with Crippen molar-refractivity contribution in [3.63, 3.8) is 0 Å². The lowest BCUT2D eigenvalue weighted by Gasteiger charge is -2.34. The zero-order chi connectivity index (χ0) is 11.3. The van der Waals surface area contributed by atoms with Crippen molar-refractivity contribution in [2.75, 3.05) is 13.6 Å². The van der Waals surface area contributed by atoms with Gasteiger partial charge in [0.05, 0.1) is 6.54 Å². The van der Waals surface area contributed by atoms with E-state index >= 15 is 0 Å². The summed E-state index contributed by atoms with van der Waals surface area (Å²) in [4.78, 5) is 11.1.